The SMILES string of the molecule is CC1C[C@H](C(=O)NC(C)Cn2cccn2)[C@H](C(=O)O)C1. The van der Waals surface area contributed by atoms with E-state index in [9.17, 15) is 14.7 Å². The number of nitrogens with one attached hydrogen (secondary N) is 1. The molecular formula is C14H21N3O3. The third-order valence-electron chi connectivity index (χ3n) is 3.86. The maximum absolute atomic E-state index is 12.2. The van der Waals surface area contributed by atoms with Crippen LogP contribution in [0.2, 0.25) is 0 Å². The van der Waals surface area contributed by atoms with Crippen molar-refractivity contribution in [2.45, 2.75) is 39.3 Å². The molecule has 2 rings (SSSR count). The lowest BCUT2D eigenvalue weighted by atomic mass is 9.95. The molecule has 2 N–H and O–H groups in total. The number of rotatable bonds is 5. The molecule has 1 aliphatic carbocycles. The molecule has 0 aromatic carbocycles. The van der Waals surface area contributed by atoms with E-state index < -0.39 is 17.8 Å². The van der Waals surface area contributed by atoms with E-state index in [0.717, 1.165) is 0 Å². The lowest BCUT2D eigenvalue weighted by Gasteiger charge is -2.19. The van der Waals surface area contributed by atoms with Crippen LogP contribution >= 0.6 is 0 Å². The summed E-state index contributed by atoms with van der Waals surface area (Å²) in [6.45, 7) is 4.48. The fourth-order valence-electron chi connectivity index (χ4n) is 2.94. The highest BCUT2D eigenvalue weighted by Crippen LogP contribution is 2.36. The van der Waals surface area contributed by atoms with Crippen molar-refractivity contribution in [2.24, 2.45) is 17.8 Å². The van der Waals surface area contributed by atoms with Gasteiger partial charge in [0, 0.05) is 18.4 Å². The molecule has 0 spiro atoms. The highest BCUT2D eigenvalue weighted by Gasteiger charge is 2.41. The van der Waals surface area contributed by atoms with Gasteiger partial charge in [-0.2, -0.15) is 5.10 Å². The molecular weight excluding hydrogens is 258 g/mol. The monoisotopic (exact) mass is 279 g/mol. The Morgan fingerprint density at radius 1 is 1.45 bits per heavy atom. The molecule has 2 unspecified atom stereocenters. The predicted molar refractivity (Wildman–Crippen MR) is 72.8 cm³/mol. The number of carboxylic acids is 1. The maximum Gasteiger partial charge on any atom is 0.307 e. The van der Waals surface area contributed by atoms with Crippen LogP contribution in [0, 0.1) is 17.8 Å². The summed E-state index contributed by atoms with van der Waals surface area (Å²) in [6.07, 6.45) is 4.76. The Kier molecular flexibility index (Phi) is 4.42. The minimum Gasteiger partial charge on any atom is -0.481 e. The standard InChI is InChI=1S/C14H21N3O3/c1-9-6-11(12(7-9)14(19)20)13(18)16-10(2)8-17-5-3-4-15-17/h3-5,9-12H,6-8H2,1-2H3,(H,16,18)(H,19,20)/t9?,10?,11-,12+/m0/s1. The van der Waals surface area contributed by atoms with Crippen molar-refractivity contribution in [3.8, 4) is 0 Å². The van der Waals surface area contributed by atoms with Gasteiger partial charge in [0.2, 0.25) is 5.91 Å². The number of carboxylic acid groups (broad SMARTS) is 1. The Labute approximate surface area is 118 Å². The molecule has 1 saturated carbocycles. The summed E-state index contributed by atoms with van der Waals surface area (Å²) in [4.78, 5) is 23.5. The van der Waals surface area contributed by atoms with Crippen LogP contribution in [0.1, 0.15) is 26.7 Å². The molecule has 0 bridgehead atoms. The number of carbonyl (C=O) groups is 2. The van der Waals surface area contributed by atoms with Gasteiger partial charge in [-0.1, -0.05) is 6.92 Å². The summed E-state index contributed by atoms with van der Waals surface area (Å²) < 4.78 is 1.75. The van der Waals surface area contributed by atoms with E-state index in [1.54, 1.807) is 10.9 Å². The van der Waals surface area contributed by atoms with Crippen molar-refractivity contribution in [1.29, 1.82) is 0 Å². The van der Waals surface area contributed by atoms with Crippen LogP contribution in [0.4, 0.5) is 0 Å². The third-order valence-corrected chi connectivity index (χ3v) is 3.86. The summed E-state index contributed by atoms with van der Waals surface area (Å²) >= 11 is 0. The lowest BCUT2D eigenvalue weighted by Crippen LogP contribution is -2.41. The highest BCUT2D eigenvalue weighted by atomic mass is 16.4. The molecule has 110 valence electrons. The van der Waals surface area contributed by atoms with Crippen LogP contribution in [0.3, 0.4) is 0 Å². The summed E-state index contributed by atoms with van der Waals surface area (Å²) in [7, 11) is 0. The summed E-state index contributed by atoms with van der Waals surface area (Å²) in [5.41, 5.74) is 0. The zero-order valence-corrected chi connectivity index (χ0v) is 11.8. The second kappa shape index (κ2) is 6.07. The minimum absolute atomic E-state index is 0.0762. The number of carbonyl (C=O) groups excluding carboxylic acids is 1. The van der Waals surface area contributed by atoms with Crippen molar-refractivity contribution in [3.05, 3.63) is 18.5 Å². The average Bonchev–Trinajstić information content (AvgIpc) is 2.97. The van der Waals surface area contributed by atoms with Gasteiger partial charge in [-0.15, -0.1) is 0 Å². The molecule has 1 amide bonds. The number of aliphatic carboxylic acids is 1. The van der Waals surface area contributed by atoms with Crippen molar-refractivity contribution in [1.82, 2.24) is 15.1 Å². The molecule has 1 fully saturated rings. The fraction of sp³-hybridized carbons (Fsp3) is 0.643. The second-order valence-electron chi connectivity index (χ2n) is 5.77. The number of aromatic nitrogens is 2. The number of hydrogen-bond acceptors (Lipinski definition) is 3. The zero-order chi connectivity index (χ0) is 14.7. The van der Waals surface area contributed by atoms with Gasteiger partial charge >= 0.3 is 5.97 Å². The van der Waals surface area contributed by atoms with Crippen molar-refractivity contribution in [2.75, 3.05) is 0 Å². The predicted octanol–water partition coefficient (Wildman–Crippen LogP) is 1.13. The fourth-order valence-corrected chi connectivity index (χ4v) is 2.94. The Morgan fingerprint density at radius 2 is 2.15 bits per heavy atom. The lowest BCUT2D eigenvalue weighted by molar-refractivity contribution is -0.146. The van der Waals surface area contributed by atoms with Crippen LogP contribution < -0.4 is 5.32 Å². The van der Waals surface area contributed by atoms with Crippen LogP contribution in [0.5, 0.6) is 0 Å². The zero-order valence-electron chi connectivity index (χ0n) is 11.8. The van der Waals surface area contributed by atoms with Gasteiger partial charge in [-0.05, 0) is 31.7 Å². The highest BCUT2D eigenvalue weighted by molar-refractivity contribution is 5.85. The van der Waals surface area contributed by atoms with E-state index in [1.165, 1.54) is 0 Å². The first-order valence-corrected chi connectivity index (χ1v) is 6.98. The molecule has 6 heteroatoms. The summed E-state index contributed by atoms with van der Waals surface area (Å²) in [6, 6.07) is 1.75. The molecule has 1 aromatic rings. The van der Waals surface area contributed by atoms with Crippen molar-refractivity contribution < 1.29 is 14.7 Å². The van der Waals surface area contributed by atoms with Crippen molar-refractivity contribution >= 4 is 11.9 Å². The largest absolute Gasteiger partial charge is 0.481 e. The van der Waals surface area contributed by atoms with Gasteiger partial charge in [0.1, 0.15) is 0 Å². The van der Waals surface area contributed by atoms with E-state index >= 15 is 0 Å². The minimum atomic E-state index is -0.866. The quantitative estimate of drug-likeness (QED) is 0.846. The topological polar surface area (TPSA) is 84.2 Å². The first kappa shape index (κ1) is 14.6. The van der Waals surface area contributed by atoms with Gasteiger partial charge in [-0.3, -0.25) is 14.3 Å². The molecule has 1 aromatic heterocycles. The van der Waals surface area contributed by atoms with Crippen LogP contribution in [-0.2, 0) is 16.1 Å². The van der Waals surface area contributed by atoms with Crippen LogP contribution in [-0.4, -0.2) is 32.8 Å². The first-order valence-electron chi connectivity index (χ1n) is 6.98. The van der Waals surface area contributed by atoms with Crippen molar-refractivity contribution in [3.63, 3.8) is 0 Å². The van der Waals surface area contributed by atoms with Gasteiger partial charge < -0.3 is 10.4 Å². The number of hydrogen-bond donors (Lipinski definition) is 2. The Morgan fingerprint density at radius 3 is 2.75 bits per heavy atom. The van der Waals surface area contributed by atoms with E-state index in [-0.39, 0.29) is 17.9 Å². The average molecular weight is 279 g/mol. The van der Waals surface area contributed by atoms with Crippen LogP contribution in [0.15, 0.2) is 18.5 Å². The normalized spacial score (nSPS) is 27.2. The van der Waals surface area contributed by atoms with Gasteiger partial charge in [0.05, 0.1) is 18.4 Å². The van der Waals surface area contributed by atoms with E-state index in [4.69, 9.17) is 0 Å². The Hall–Kier alpha value is -1.85. The van der Waals surface area contributed by atoms with Gasteiger partial charge in [-0.25, -0.2) is 0 Å². The first-order chi connectivity index (χ1) is 9.47. The molecule has 1 aliphatic rings. The number of nitrogens with zero attached hydrogens (tertiary/aromatic N) is 2. The molecule has 1 heterocycles. The van der Waals surface area contributed by atoms with E-state index in [0.29, 0.717) is 19.4 Å². The van der Waals surface area contributed by atoms with E-state index in [2.05, 4.69) is 10.4 Å². The molecule has 4 atom stereocenters. The van der Waals surface area contributed by atoms with E-state index in [1.807, 2.05) is 26.1 Å². The number of amides is 1. The smallest absolute Gasteiger partial charge is 0.307 e. The van der Waals surface area contributed by atoms with Gasteiger partial charge in [0.15, 0.2) is 0 Å². The second-order valence-corrected chi connectivity index (χ2v) is 5.77. The molecule has 0 aliphatic heterocycles. The summed E-state index contributed by atoms with van der Waals surface area (Å²) in [5.74, 6) is -1.70. The molecule has 20 heavy (non-hydrogen) atoms. The van der Waals surface area contributed by atoms with Gasteiger partial charge in [0.25, 0.3) is 0 Å². The summed E-state index contributed by atoms with van der Waals surface area (Å²) in [5, 5.41) is 16.2. The third kappa shape index (κ3) is 3.37. The molecule has 0 radical (unpaired) electrons. The Balaban J connectivity index is 1.92. The van der Waals surface area contributed by atoms with Crippen LogP contribution in [0.25, 0.3) is 0 Å². The Bertz CT molecular complexity index is 472. The maximum atomic E-state index is 12.2. The molecule has 0 saturated heterocycles. The molecule has 6 nitrogen and oxygen atoms in total.